The van der Waals surface area contributed by atoms with Crippen LogP contribution in [0.2, 0.25) is 0 Å². The number of hydrogen-bond donors (Lipinski definition) is 1. The summed E-state index contributed by atoms with van der Waals surface area (Å²) in [6.45, 7) is 5.20. The average molecular weight is 223 g/mol. The van der Waals surface area contributed by atoms with Gasteiger partial charge in [0.05, 0.1) is 0 Å². The molecule has 0 spiro atoms. The first-order chi connectivity index (χ1) is 7.74. The monoisotopic (exact) mass is 223 g/mol. The highest BCUT2D eigenvalue weighted by atomic mass is 19.1. The van der Waals surface area contributed by atoms with Crippen molar-refractivity contribution in [3.8, 4) is 0 Å². The maximum absolute atomic E-state index is 13.8. The first kappa shape index (κ1) is 13.2. The summed E-state index contributed by atoms with van der Waals surface area (Å²) in [7, 11) is 1.93. The van der Waals surface area contributed by atoms with Gasteiger partial charge in [-0.1, -0.05) is 44.9 Å². The van der Waals surface area contributed by atoms with Crippen LogP contribution in [-0.2, 0) is 0 Å². The largest absolute Gasteiger partial charge is 0.319 e. The second-order valence-corrected chi connectivity index (χ2v) is 4.26. The summed E-state index contributed by atoms with van der Waals surface area (Å²) in [5, 5.41) is 3.18. The molecule has 0 saturated heterocycles. The molecule has 0 saturated carbocycles. The third-order valence-corrected chi connectivity index (χ3v) is 3.35. The van der Waals surface area contributed by atoms with Crippen LogP contribution in [0.3, 0.4) is 0 Å². The Morgan fingerprint density at radius 3 is 2.31 bits per heavy atom. The second kappa shape index (κ2) is 6.64. The van der Waals surface area contributed by atoms with E-state index in [9.17, 15) is 4.39 Å². The van der Waals surface area contributed by atoms with Gasteiger partial charge in [-0.05, 0) is 24.6 Å². The van der Waals surface area contributed by atoms with Crippen molar-refractivity contribution in [3.05, 3.63) is 35.6 Å². The summed E-state index contributed by atoms with van der Waals surface area (Å²) in [5.41, 5.74) is 0.852. The summed E-state index contributed by atoms with van der Waals surface area (Å²) in [6.07, 6.45) is 2.19. The Hall–Kier alpha value is -0.890. The van der Waals surface area contributed by atoms with Gasteiger partial charge in [-0.25, -0.2) is 4.39 Å². The Balaban J connectivity index is 2.97. The molecule has 0 heterocycles. The lowest BCUT2D eigenvalue weighted by Gasteiger charge is -2.26. The minimum atomic E-state index is -0.0744. The molecule has 0 fully saturated rings. The smallest absolute Gasteiger partial charge is 0.126 e. The van der Waals surface area contributed by atoms with E-state index in [0.717, 1.165) is 24.9 Å². The van der Waals surface area contributed by atoms with Crippen LogP contribution in [0.25, 0.3) is 0 Å². The SMILES string of the molecule is CCC(CC)C(CNC)c1ccccc1F. The van der Waals surface area contributed by atoms with Crippen molar-refractivity contribution < 1.29 is 4.39 Å². The molecule has 0 aromatic heterocycles. The fourth-order valence-corrected chi connectivity index (χ4v) is 2.38. The number of rotatable bonds is 6. The van der Waals surface area contributed by atoms with Crippen LogP contribution < -0.4 is 5.32 Å². The fourth-order valence-electron chi connectivity index (χ4n) is 2.38. The lowest BCUT2D eigenvalue weighted by atomic mass is 9.82. The van der Waals surface area contributed by atoms with Gasteiger partial charge in [0.2, 0.25) is 0 Å². The van der Waals surface area contributed by atoms with E-state index in [-0.39, 0.29) is 11.7 Å². The normalized spacial score (nSPS) is 13.1. The maximum Gasteiger partial charge on any atom is 0.126 e. The zero-order valence-electron chi connectivity index (χ0n) is 10.5. The van der Waals surface area contributed by atoms with Gasteiger partial charge in [-0.2, -0.15) is 0 Å². The van der Waals surface area contributed by atoms with E-state index in [0.29, 0.717) is 5.92 Å². The van der Waals surface area contributed by atoms with Crippen LogP contribution in [0, 0.1) is 11.7 Å². The van der Waals surface area contributed by atoms with Crippen LogP contribution in [0.5, 0.6) is 0 Å². The zero-order valence-corrected chi connectivity index (χ0v) is 10.5. The number of nitrogens with one attached hydrogen (secondary N) is 1. The van der Waals surface area contributed by atoms with Crippen molar-refractivity contribution in [1.29, 1.82) is 0 Å². The third-order valence-electron chi connectivity index (χ3n) is 3.35. The molecule has 0 radical (unpaired) electrons. The van der Waals surface area contributed by atoms with Crippen molar-refractivity contribution in [2.45, 2.75) is 32.6 Å². The Labute approximate surface area is 98.1 Å². The van der Waals surface area contributed by atoms with E-state index < -0.39 is 0 Å². The van der Waals surface area contributed by atoms with Crippen molar-refractivity contribution >= 4 is 0 Å². The first-order valence-electron chi connectivity index (χ1n) is 6.13. The summed E-state index contributed by atoms with van der Waals surface area (Å²) in [4.78, 5) is 0. The Morgan fingerprint density at radius 1 is 1.19 bits per heavy atom. The molecule has 1 nitrogen and oxygen atoms in total. The molecule has 1 unspecified atom stereocenters. The molecule has 1 aromatic carbocycles. The lowest BCUT2D eigenvalue weighted by Crippen LogP contribution is -2.24. The molecule has 2 heteroatoms. The van der Waals surface area contributed by atoms with E-state index in [1.165, 1.54) is 0 Å². The van der Waals surface area contributed by atoms with Gasteiger partial charge in [-0.3, -0.25) is 0 Å². The fraction of sp³-hybridized carbons (Fsp3) is 0.571. The predicted molar refractivity (Wildman–Crippen MR) is 67.1 cm³/mol. The van der Waals surface area contributed by atoms with Gasteiger partial charge >= 0.3 is 0 Å². The summed E-state index contributed by atoms with van der Waals surface area (Å²) in [5.74, 6) is 0.750. The van der Waals surface area contributed by atoms with Crippen LogP contribution in [-0.4, -0.2) is 13.6 Å². The van der Waals surface area contributed by atoms with Crippen LogP contribution in [0.4, 0.5) is 4.39 Å². The minimum absolute atomic E-state index is 0.0744. The standard InChI is InChI=1S/C14H22FN/c1-4-11(5-2)13(10-16-3)12-8-6-7-9-14(12)15/h6-9,11,13,16H,4-5,10H2,1-3H3. The molecule has 0 aliphatic heterocycles. The van der Waals surface area contributed by atoms with Crippen molar-refractivity contribution in [3.63, 3.8) is 0 Å². The van der Waals surface area contributed by atoms with Crippen LogP contribution in [0.1, 0.15) is 38.2 Å². The van der Waals surface area contributed by atoms with E-state index in [2.05, 4.69) is 19.2 Å². The number of halogens is 1. The first-order valence-corrected chi connectivity index (χ1v) is 6.13. The number of benzene rings is 1. The van der Waals surface area contributed by atoms with E-state index >= 15 is 0 Å². The number of likely N-dealkylation sites (N-methyl/N-ethyl adjacent to an activating group) is 1. The van der Waals surface area contributed by atoms with Gasteiger partial charge in [0, 0.05) is 12.5 Å². The molecule has 1 N–H and O–H groups in total. The van der Waals surface area contributed by atoms with Gasteiger partial charge in [0.1, 0.15) is 5.82 Å². The molecule has 1 atom stereocenters. The van der Waals surface area contributed by atoms with Crippen LogP contribution in [0.15, 0.2) is 24.3 Å². The Bertz CT molecular complexity index is 307. The third kappa shape index (κ3) is 3.05. The molecule has 16 heavy (non-hydrogen) atoms. The minimum Gasteiger partial charge on any atom is -0.319 e. The molecule has 1 aromatic rings. The highest BCUT2D eigenvalue weighted by Crippen LogP contribution is 2.30. The Morgan fingerprint density at radius 2 is 1.81 bits per heavy atom. The second-order valence-electron chi connectivity index (χ2n) is 4.26. The van der Waals surface area contributed by atoms with Crippen molar-refractivity contribution in [2.24, 2.45) is 5.92 Å². The molecule has 1 rings (SSSR count). The molecular weight excluding hydrogens is 201 g/mol. The molecule has 90 valence electrons. The highest BCUT2D eigenvalue weighted by molar-refractivity contribution is 5.23. The van der Waals surface area contributed by atoms with E-state index in [1.807, 2.05) is 19.2 Å². The van der Waals surface area contributed by atoms with Gasteiger partial charge in [0.25, 0.3) is 0 Å². The Kier molecular flexibility index (Phi) is 5.47. The lowest BCUT2D eigenvalue weighted by molar-refractivity contribution is 0.377. The summed E-state index contributed by atoms with van der Waals surface area (Å²) in [6, 6.07) is 7.14. The zero-order chi connectivity index (χ0) is 12.0. The molecule has 0 aliphatic rings. The van der Waals surface area contributed by atoms with E-state index in [1.54, 1.807) is 12.1 Å². The number of hydrogen-bond acceptors (Lipinski definition) is 1. The average Bonchev–Trinajstić information content (AvgIpc) is 2.30. The van der Waals surface area contributed by atoms with Crippen molar-refractivity contribution in [2.75, 3.05) is 13.6 Å². The van der Waals surface area contributed by atoms with E-state index in [4.69, 9.17) is 0 Å². The molecular formula is C14H22FN. The summed E-state index contributed by atoms with van der Waals surface area (Å²) >= 11 is 0. The van der Waals surface area contributed by atoms with Gasteiger partial charge in [-0.15, -0.1) is 0 Å². The quantitative estimate of drug-likeness (QED) is 0.777. The molecule has 0 bridgehead atoms. The predicted octanol–water partition coefficient (Wildman–Crippen LogP) is 3.56. The topological polar surface area (TPSA) is 12.0 Å². The van der Waals surface area contributed by atoms with Crippen molar-refractivity contribution in [1.82, 2.24) is 5.32 Å². The molecule has 0 aliphatic carbocycles. The highest BCUT2D eigenvalue weighted by Gasteiger charge is 2.22. The van der Waals surface area contributed by atoms with Gasteiger partial charge in [0.15, 0.2) is 0 Å². The molecule has 0 amide bonds. The summed E-state index contributed by atoms with van der Waals surface area (Å²) < 4.78 is 13.8. The van der Waals surface area contributed by atoms with Gasteiger partial charge < -0.3 is 5.32 Å². The van der Waals surface area contributed by atoms with Crippen LogP contribution >= 0.6 is 0 Å². The maximum atomic E-state index is 13.8.